The summed E-state index contributed by atoms with van der Waals surface area (Å²) in [6, 6.07) is 7.52. The number of rotatable bonds is 2. The molecule has 2 rings (SSSR count). The summed E-state index contributed by atoms with van der Waals surface area (Å²) in [5.74, 6) is 0.0951. The topological polar surface area (TPSA) is 58.4 Å². The summed E-state index contributed by atoms with van der Waals surface area (Å²) in [5.41, 5.74) is 6.99. The summed E-state index contributed by atoms with van der Waals surface area (Å²) in [4.78, 5) is 14.0. The van der Waals surface area contributed by atoms with Crippen LogP contribution in [-0.2, 0) is 0 Å². The van der Waals surface area contributed by atoms with Gasteiger partial charge in [-0.1, -0.05) is 0 Å². The Morgan fingerprint density at radius 1 is 1.44 bits per heavy atom. The largest absolute Gasteiger partial charge is 0.399 e. The fourth-order valence-corrected chi connectivity index (χ4v) is 1.99. The number of amides is 1. The van der Waals surface area contributed by atoms with E-state index in [-0.39, 0.29) is 5.91 Å². The Kier molecular flexibility index (Phi) is 3.10. The highest BCUT2D eigenvalue weighted by molar-refractivity contribution is 5.94. The SMILES string of the molecule is CN[C@H]1CCN(C(=O)c2ccc(N)cc2)C1. The van der Waals surface area contributed by atoms with Gasteiger partial charge in [-0.2, -0.15) is 0 Å². The Balaban J connectivity index is 2.05. The van der Waals surface area contributed by atoms with E-state index in [4.69, 9.17) is 5.73 Å². The maximum atomic E-state index is 12.1. The van der Waals surface area contributed by atoms with Crippen LogP contribution in [0.4, 0.5) is 5.69 Å². The molecule has 1 atom stereocenters. The lowest BCUT2D eigenvalue weighted by Crippen LogP contribution is -2.33. The smallest absolute Gasteiger partial charge is 0.253 e. The summed E-state index contributed by atoms with van der Waals surface area (Å²) >= 11 is 0. The second-order valence-corrected chi connectivity index (χ2v) is 4.15. The molecular weight excluding hydrogens is 202 g/mol. The Hall–Kier alpha value is -1.55. The highest BCUT2D eigenvalue weighted by Crippen LogP contribution is 2.14. The van der Waals surface area contributed by atoms with E-state index < -0.39 is 0 Å². The highest BCUT2D eigenvalue weighted by Gasteiger charge is 2.25. The number of nitrogens with two attached hydrogens (primary N) is 1. The van der Waals surface area contributed by atoms with Crippen molar-refractivity contribution < 1.29 is 4.79 Å². The van der Waals surface area contributed by atoms with Crippen molar-refractivity contribution in [3.63, 3.8) is 0 Å². The lowest BCUT2D eigenvalue weighted by molar-refractivity contribution is 0.0790. The lowest BCUT2D eigenvalue weighted by atomic mass is 10.2. The van der Waals surface area contributed by atoms with Gasteiger partial charge >= 0.3 is 0 Å². The molecule has 0 aromatic heterocycles. The molecule has 1 aliphatic rings. The van der Waals surface area contributed by atoms with Gasteiger partial charge in [0, 0.05) is 30.4 Å². The minimum absolute atomic E-state index is 0.0951. The first kappa shape index (κ1) is 11.0. The molecule has 0 bridgehead atoms. The zero-order valence-corrected chi connectivity index (χ0v) is 9.44. The molecule has 1 fully saturated rings. The summed E-state index contributed by atoms with van der Waals surface area (Å²) in [7, 11) is 1.93. The van der Waals surface area contributed by atoms with Crippen molar-refractivity contribution in [1.29, 1.82) is 0 Å². The number of nitrogens with one attached hydrogen (secondary N) is 1. The van der Waals surface area contributed by atoms with E-state index in [2.05, 4.69) is 5.32 Å². The third kappa shape index (κ3) is 2.17. The van der Waals surface area contributed by atoms with Crippen molar-refractivity contribution in [2.24, 2.45) is 0 Å². The van der Waals surface area contributed by atoms with Crippen LogP contribution < -0.4 is 11.1 Å². The molecule has 1 aromatic rings. The summed E-state index contributed by atoms with van der Waals surface area (Å²) in [5, 5.41) is 3.20. The van der Waals surface area contributed by atoms with Crippen molar-refractivity contribution in [3.8, 4) is 0 Å². The molecule has 16 heavy (non-hydrogen) atoms. The quantitative estimate of drug-likeness (QED) is 0.720. The number of likely N-dealkylation sites (N-methyl/N-ethyl adjacent to an activating group) is 1. The van der Waals surface area contributed by atoms with E-state index in [0.29, 0.717) is 17.3 Å². The first-order valence-corrected chi connectivity index (χ1v) is 5.53. The third-order valence-corrected chi connectivity index (χ3v) is 3.04. The van der Waals surface area contributed by atoms with Gasteiger partial charge in [0.1, 0.15) is 0 Å². The molecule has 1 aromatic carbocycles. The van der Waals surface area contributed by atoms with E-state index in [1.807, 2.05) is 11.9 Å². The number of hydrogen-bond acceptors (Lipinski definition) is 3. The van der Waals surface area contributed by atoms with Gasteiger partial charge in [-0.3, -0.25) is 4.79 Å². The van der Waals surface area contributed by atoms with Crippen LogP contribution in [0.25, 0.3) is 0 Å². The molecule has 1 amide bonds. The Bertz CT molecular complexity index is 374. The first-order chi connectivity index (χ1) is 7.70. The second-order valence-electron chi connectivity index (χ2n) is 4.15. The molecule has 0 saturated carbocycles. The average molecular weight is 219 g/mol. The molecule has 86 valence electrons. The minimum atomic E-state index is 0.0951. The van der Waals surface area contributed by atoms with Gasteiger partial charge in [-0.15, -0.1) is 0 Å². The number of nitrogen functional groups attached to an aromatic ring is 1. The minimum Gasteiger partial charge on any atom is -0.399 e. The molecule has 1 aliphatic heterocycles. The molecular formula is C12H17N3O. The van der Waals surface area contributed by atoms with Crippen molar-refractivity contribution in [2.75, 3.05) is 25.9 Å². The van der Waals surface area contributed by atoms with Crippen molar-refractivity contribution in [2.45, 2.75) is 12.5 Å². The Morgan fingerprint density at radius 2 is 2.12 bits per heavy atom. The number of benzene rings is 1. The van der Waals surface area contributed by atoms with Gasteiger partial charge < -0.3 is 16.0 Å². The van der Waals surface area contributed by atoms with Gasteiger partial charge in [-0.25, -0.2) is 0 Å². The molecule has 0 spiro atoms. The van der Waals surface area contributed by atoms with Crippen LogP contribution in [0.3, 0.4) is 0 Å². The number of anilines is 1. The van der Waals surface area contributed by atoms with E-state index >= 15 is 0 Å². The number of carbonyl (C=O) groups excluding carboxylic acids is 1. The number of nitrogens with zero attached hydrogens (tertiary/aromatic N) is 1. The predicted octanol–water partition coefficient (Wildman–Crippen LogP) is 0.703. The zero-order valence-electron chi connectivity index (χ0n) is 9.44. The standard InChI is InChI=1S/C12H17N3O/c1-14-11-6-7-15(8-11)12(16)9-2-4-10(13)5-3-9/h2-5,11,14H,6-8,13H2,1H3/t11-/m0/s1. The maximum absolute atomic E-state index is 12.1. The van der Waals surface area contributed by atoms with Crippen LogP contribution >= 0.6 is 0 Å². The van der Waals surface area contributed by atoms with Crippen LogP contribution in [-0.4, -0.2) is 37.0 Å². The van der Waals surface area contributed by atoms with Crippen molar-refractivity contribution >= 4 is 11.6 Å². The molecule has 4 heteroatoms. The van der Waals surface area contributed by atoms with Crippen LogP contribution in [0.1, 0.15) is 16.8 Å². The Morgan fingerprint density at radius 3 is 2.69 bits per heavy atom. The summed E-state index contributed by atoms with van der Waals surface area (Å²) in [6.45, 7) is 1.62. The molecule has 0 radical (unpaired) electrons. The summed E-state index contributed by atoms with van der Waals surface area (Å²) in [6.07, 6.45) is 1.03. The first-order valence-electron chi connectivity index (χ1n) is 5.53. The normalized spacial score (nSPS) is 20.1. The maximum Gasteiger partial charge on any atom is 0.253 e. The second kappa shape index (κ2) is 4.53. The molecule has 4 nitrogen and oxygen atoms in total. The van der Waals surface area contributed by atoms with Gasteiger partial charge in [0.2, 0.25) is 0 Å². The average Bonchev–Trinajstić information content (AvgIpc) is 2.77. The van der Waals surface area contributed by atoms with Gasteiger partial charge in [0.05, 0.1) is 0 Å². The van der Waals surface area contributed by atoms with Crippen LogP contribution in [0.5, 0.6) is 0 Å². The predicted molar refractivity (Wildman–Crippen MR) is 64.2 cm³/mol. The molecule has 0 aliphatic carbocycles. The van der Waals surface area contributed by atoms with Crippen molar-refractivity contribution in [1.82, 2.24) is 10.2 Å². The molecule has 0 unspecified atom stereocenters. The fraction of sp³-hybridized carbons (Fsp3) is 0.417. The molecule has 1 heterocycles. The number of carbonyl (C=O) groups is 1. The van der Waals surface area contributed by atoms with Gasteiger partial charge in [0.25, 0.3) is 5.91 Å². The van der Waals surface area contributed by atoms with E-state index in [1.54, 1.807) is 24.3 Å². The van der Waals surface area contributed by atoms with E-state index in [9.17, 15) is 4.79 Å². The van der Waals surface area contributed by atoms with Crippen LogP contribution in [0.2, 0.25) is 0 Å². The van der Waals surface area contributed by atoms with Gasteiger partial charge in [0.15, 0.2) is 0 Å². The summed E-state index contributed by atoms with van der Waals surface area (Å²) < 4.78 is 0. The lowest BCUT2D eigenvalue weighted by Gasteiger charge is -2.16. The molecule has 1 saturated heterocycles. The Labute approximate surface area is 95.4 Å². The zero-order chi connectivity index (χ0) is 11.5. The molecule has 3 N–H and O–H groups in total. The fourth-order valence-electron chi connectivity index (χ4n) is 1.99. The van der Waals surface area contributed by atoms with E-state index in [1.165, 1.54) is 0 Å². The number of likely N-dealkylation sites (tertiary alicyclic amines) is 1. The number of hydrogen-bond donors (Lipinski definition) is 2. The van der Waals surface area contributed by atoms with Crippen molar-refractivity contribution in [3.05, 3.63) is 29.8 Å². The van der Waals surface area contributed by atoms with E-state index in [0.717, 1.165) is 19.5 Å². The van der Waals surface area contributed by atoms with Crippen LogP contribution in [0.15, 0.2) is 24.3 Å². The highest BCUT2D eigenvalue weighted by atomic mass is 16.2. The van der Waals surface area contributed by atoms with Gasteiger partial charge in [-0.05, 0) is 37.7 Å². The third-order valence-electron chi connectivity index (χ3n) is 3.04. The van der Waals surface area contributed by atoms with Crippen LogP contribution in [0, 0.1) is 0 Å². The monoisotopic (exact) mass is 219 g/mol.